The van der Waals surface area contributed by atoms with Gasteiger partial charge in [0.25, 0.3) is 11.8 Å². The van der Waals surface area contributed by atoms with Gasteiger partial charge in [-0.3, -0.25) is 19.7 Å². The zero-order valence-electron chi connectivity index (χ0n) is 12.5. The lowest BCUT2D eigenvalue weighted by atomic mass is 9.91. The molecule has 1 aliphatic heterocycles. The summed E-state index contributed by atoms with van der Waals surface area (Å²) in [6.07, 6.45) is 0.343. The van der Waals surface area contributed by atoms with E-state index in [1.165, 1.54) is 0 Å². The van der Waals surface area contributed by atoms with E-state index in [0.29, 0.717) is 17.5 Å². The lowest BCUT2D eigenvalue weighted by Gasteiger charge is -2.21. The average Bonchev–Trinajstić information content (AvgIpc) is 2.77. The third-order valence-corrected chi connectivity index (χ3v) is 3.62. The number of amides is 4. The summed E-state index contributed by atoms with van der Waals surface area (Å²) in [6, 6.07) is 5.72. The van der Waals surface area contributed by atoms with E-state index in [0.717, 1.165) is 0 Å². The summed E-state index contributed by atoms with van der Waals surface area (Å²) in [5.41, 5.74) is -0.214. The number of aliphatic carboxylic acids is 1. The molecular formula is C15H17N3O5. The summed E-state index contributed by atoms with van der Waals surface area (Å²) in [7, 11) is 0. The van der Waals surface area contributed by atoms with E-state index in [-0.39, 0.29) is 18.9 Å². The van der Waals surface area contributed by atoms with Crippen LogP contribution in [0.5, 0.6) is 0 Å². The SMILES string of the molecule is C[C@]1(c2ccc(C(=O)NCCCC(=O)O)cc2)NC(=O)NC1=O. The minimum Gasteiger partial charge on any atom is -0.481 e. The maximum absolute atomic E-state index is 11.9. The van der Waals surface area contributed by atoms with Gasteiger partial charge in [0, 0.05) is 18.5 Å². The summed E-state index contributed by atoms with van der Waals surface area (Å²) in [5.74, 6) is -1.69. The van der Waals surface area contributed by atoms with Gasteiger partial charge in [-0.05, 0) is 31.0 Å². The van der Waals surface area contributed by atoms with Gasteiger partial charge in [-0.15, -0.1) is 0 Å². The highest BCUT2D eigenvalue weighted by molar-refractivity contribution is 6.07. The predicted octanol–water partition coefficient (Wildman–Crippen LogP) is 0.336. The third kappa shape index (κ3) is 3.65. The first-order chi connectivity index (χ1) is 10.8. The standard InChI is InChI=1S/C15H17N3O5/c1-15(13(22)17-14(23)18-15)10-6-4-9(5-7-10)12(21)16-8-2-3-11(19)20/h4-7H,2-3,8H2,1H3,(H,16,21)(H,19,20)(H2,17,18,22,23)/t15-/m1/s1. The second-order valence-electron chi connectivity index (χ2n) is 5.36. The smallest absolute Gasteiger partial charge is 0.322 e. The van der Waals surface area contributed by atoms with E-state index < -0.39 is 23.4 Å². The van der Waals surface area contributed by atoms with E-state index in [2.05, 4.69) is 16.0 Å². The minimum atomic E-state index is -1.16. The summed E-state index contributed by atoms with van der Waals surface area (Å²) < 4.78 is 0. The van der Waals surface area contributed by atoms with Crippen LogP contribution in [0.25, 0.3) is 0 Å². The second kappa shape index (κ2) is 6.47. The van der Waals surface area contributed by atoms with Crippen LogP contribution in [0, 0.1) is 0 Å². The molecule has 0 spiro atoms. The fourth-order valence-electron chi connectivity index (χ4n) is 2.24. The average molecular weight is 319 g/mol. The first-order valence-corrected chi connectivity index (χ1v) is 7.07. The highest BCUT2D eigenvalue weighted by Crippen LogP contribution is 2.24. The monoisotopic (exact) mass is 319 g/mol. The quantitative estimate of drug-likeness (QED) is 0.444. The van der Waals surface area contributed by atoms with Crippen molar-refractivity contribution in [3.63, 3.8) is 0 Å². The molecule has 4 N–H and O–H groups in total. The van der Waals surface area contributed by atoms with Gasteiger partial charge in [-0.1, -0.05) is 12.1 Å². The van der Waals surface area contributed by atoms with Gasteiger partial charge < -0.3 is 15.7 Å². The molecule has 0 saturated carbocycles. The fourth-order valence-corrected chi connectivity index (χ4v) is 2.24. The maximum atomic E-state index is 11.9. The van der Waals surface area contributed by atoms with Crippen molar-refractivity contribution in [1.82, 2.24) is 16.0 Å². The second-order valence-corrected chi connectivity index (χ2v) is 5.36. The van der Waals surface area contributed by atoms with Crippen molar-refractivity contribution < 1.29 is 24.3 Å². The first-order valence-electron chi connectivity index (χ1n) is 7.07. The van der Waals surface area contributed by atoms with Crippen LogP contribution in [-0.4, -0.2) is 35.5 Å². The molecule has 4 amide bonds. The molecule has 0 aliphatic carbocycles. The topological polar surface area (TPSA) is 125 Å². The van der Waals surface area contributed by atoms with Crippen LogP contribution in [0.3, 0.4) is 0 Å². The van der Waals surface area contributed by atoms with Crippen molar-refractivity contribution in [3.05, 3.63) is 35.4 Å². The van der Waals surface area contributed by atoms with Crippen molar-refractivity contribution in [1.29, 1.82) is 0 Å². The molecule has 1 aromatic carbocycles. The Labute approximate surface area is 132 Å². The number of hydrogen-bond donors (Lipinski definition) is 4. The Kier molecular flexibility index (Phi) is 4.63. The fraction of sp³-hybridized carbons (Fsp3) is 0.333. The number of rotatable bonds is 6. The van der Waals surface area contributed by atoms with Gasteiger partial charge in [-0.2, -0.15) is 0 Å². The van der Waals surface area contributed by atoms with Crippen LogP contribution in [0.2, 0.25) is 0 Å². The van der Waals surface area contributed by atoms with Crippen LogP contribution in [0.15, 0.2) is 24.3 Å². The summed E-state index contributed by atoms with van der Waals surface area (Å²) in [4.78, 5) is 45.4. The molecule has 1 aliphatic rings. The van der Waals surface area contributed by atoms with E-state index in [9.17, 15) is 19.2 Å². The summed E-state index contributed by atoms with van der Waals surface area (Å²) in [5, 5.41) is 15.8. The molecule has 8 heteroatoms. The zero-order valence-corrected chi connectivity index (χ0v) is 12.5. The molecule has 0 aromatic heterocycles. The number of carbonyl (C=O) groups excluding carboxylic acids is 3. The largest absolute Gasteiger partial charge is 0.481 e. The molecule has 0 radical (unpaired) electrons. The highest BCUT2D eigenvalue weighted by Gasteiger charge is 2.43. The van der Waals surface area contributed by atoms with Gasteiger partial charge in [0.05, 0.1) is 0 Å². The van der Waals surface area contributed by atoms with Crippen LogP contribution in [0.4, 0.5) is 4.79 Å². The van der Waals surface area contributed by atoms with Gasteiger partial charge in [0.2, 0.25) is 0 Å². The lowest BCUT2D eigenvalue weighted by molar-refractivity contribution is -0.137. The molecule has 1 fully saturated rings. The number of urea groups is 1. The Hall–Kier alpha value is -2.90. The normalized spacial score (nSPS) is 19.9. The first kappa shape index (κ1) is 16.5. The number of benzene rings is 1. The highest BCUT2D eigenvalue weighted by atomic mass is 16.4. The van der Waals surface area contributed by atoms with E-state index >= 15 is 0 Å². The molecule has 1 aromatic rings. The molecule has 2 rings (SSSR count). The zero-order chi connectivity index (χ0) is 17.0. The van der Waals surface area contributed by atoms with E-state index in [4.69, 9.17) is 5.11 Å². The van der Waals surface area contributed by atoms with E-state index in [1.807, 2.05) is 0 Å². The van der Waals surface area contributed by atoms with Crippen LogP contribution in [0.1, 0.15) is 35.7 Å². The van der Waals surface area contributed by atoms with Crippen molar-refractivity contribution in [2.75, 3.05) is 6.54 Å². The number of carboxylic acid groups (broad SMARTS) is 1. The summed E-state index contributed by atoms with van der Waals surface area (Å²) >= 11 is 0. The summed E-state index contributed by atoms with van der Waals surface area (Å²) in [6.45, 7) is 1.84. The van der Waals surface area contributed by atoms with Gasteiger partial charge in [-0.25, -0.2) is 4.79 Å². The third-order valence-electron chi connectivity index (χ3n) is 3.62. The maximum Gasteiger partial charge on any atom is 0.322 e. The van der Waals surface area contributed by atoms with Crippen LogP contribution in [-0.2, 0) is 15.1 Å². The number of carboxylic acids is 1. The Morgan fingerprint density at radius 1 is 1.22 bits per heavy atom. The van der Waals surface area contributed by atoms with Crippen molar-refractivity contribution in [2.45, 2.75) is 25.3 Å². The van der Waals surface area contributed by atoms with Crippen molar-refractivity contribution in [3.8, 4) is 0 Å². The number of carbonyl (C=O) groups is 4. The molecule has 122 valence electrons. The lowest BCUT2D eigenvalue weighted by Crippen LogP contribution is -2.40. The molecule has 1 heterocycles. The van der Waals surface area contributed by atoms with Gasteiger partial charge >= 0.3 is 12.0 Å². The van der Waals surface area contributed by atoms with E-state index in [1.54, 1.807) is 31.2 Å². The molecule has 0 bridgehead atoms. The molecular weight excluding hydrogens is 302 g/mol. The minimum absolute atomic E-state index is 0.00756. The number of nitrogens with one attached hydrogen (secondary N) is 3. The molecule has 8 nitrogen and oxygen atoms in total. The predicted molar refractivity (Wildman–Crippen MR) is 79.7 cm³/mol. The molecule has 1 atom stereocenters. The van der Waals surface area contributed by atoms with Crippen LogP contribution >= 0.6 is 0 Å². The number of imide groups is 1. The molecule has 1 saturated heterocycles. The molecule has 0 unspecified atom stereocenters. The molecule has 23 heavy (non-hydrogen) atoms. The van der Waals surface area contributed by atoms with Crippen LogP contribution < -0.4 is 16.0 Å². The van der Waals surface area contributed by atoms with Gasteiger partial charge in [0.1, 0.15) is 5.54 Å². The Bertz CT molecular complexity index is 656. The Morgan fingerprint density at radius 2 is 1.87 bits per heavy atom. The Morgan fingerprint density at radius 3 is 2.39 bits per heavy atom. The van der Waals surface area contributed by atoms with Gasteiger partial charge in [0.15, 0.2) is 0 Å². The van der Waals surface area contributed by atoms with Crippen molar-refractivity contribution in [2.24, 2.45) is 0 Å². The number of hydrogen-bond acceptors (Lipinski definition) is 4. The Balaban J connectivity index is 1.99. The van der Waals surface area contributed by atoms with Crippen molar-refractivity contribution >= 4 is 23.8 Å².